The Labute approximate surface area is 194 Å². The van der Waals surface area contributed by atoms with E-state index >= 15 is 0 Å². The third-order valence-corrected chi connectivity index (χ3v) is 7.52. The molecule has 0 aliphatic heterocycles. The van der Waals surface area contributed by atoms with Crippen LogP contribution in [0.3, 0.4) is 0 Å². The molecule has 1 aliphatic carbocycles. The van der Waals surface area contributed by atoms with Crippen molar-refractivity contribution in [3.63, 3.8) is 0 Å². The number of hydrogen-bond donors (Lipinski definition) is 2. The van der Waals surface area contributed by atoms with Crippen LogP contribution in [0, 0.1) is 0 Å². The van der Waals surface area contributed by atoms with Crippen LogP contribution in [-0.4, -0.2) is 55.7 Å². The number of sulfonamides is 1. The van der Waals surface area contributed by atoms with Gasteiger partial charge in [0, 0.05) is 36.5 Å². The molecule has 33 heavy (non-hydrogen) atoms. The normalized spacial score (nSPS) is 16.1. The largest absolute Gasteiger partial charge is 0.372 e. The fraction of sp³-hybridized carbons (Fsp3) is 0.350. The number of aromatic amines is 1. The number of aromatic nitrogens is 7. The van der Waals surface area contributed by atoms with Gasteiger partial charge in [-0.2, -0.15) is 5.10 Å². The third kappa shape index (κ3) is 4.05. The fourth-order valence-electron chi connectivity index (χ4n) is 3.75. The third-order valence-electron chi connectivity index (χ3n) is 5.63. The Morgan fingerprint density at radius 3 is 2.67 bits per heavy atom. The predicted molar refractivity (Wildman–Crippen MR) is 122 cm³/mol. The summed E-state index contributed by atoms with van der Waals surface area (Å²) in [5.41, 5.74) is 1.68. The lowest BCUT2D eigenvalue weighted by atomic mass is 10.1. The molecule has 0 saturated heterocycles. The monoisotopic (exact) mass is 488 g/mol. The Bertz CT molecular complexity index is 1400. The first-order chi connectivity index (χ1) is 15.9. The van der Waals surface area contributed by atoms with Crippen molar-refractivity contribution in [3.05, 3.63) is 47.6 Å². The van der Waals surface area contributed by atoms with Crippen LogP contribution in [0.25, 0.3) is 22.3 Å². The number of nitrogens with one attached hydrogen (secondary N) is 2. The molecule has 3 aromatic heterocycles. The predicted octanol–water partition coefficient (Wildman–Crippen LogP) is 3.12. The highest BCUT2D eigenvalue weighted by Crippen LogP contribution is 2.41. The van der Waals surface area contributed by atoms with Crippen molar-refractivity contribution < 1.29 is 13.2 Å². The van der Waals surface area contributed by atoms with Gasteiger partial charge in [-0.1, -0.05) is 23.7 Å². The Hall–Kier alpha value is -3.09. The van der Waals surface area contributed by atoms with E-state index < -0.39 is 21.4 Å². The van der Waals surface area contributed by atoms with Crippen molar-refractivity contribution in [1.29, 1.82) is 0 Å². The van der Waals surface area contributed by atoms with E-state index in [2.05, 4.69) is 35.1 Å². The summed E-state index contributed by atoms with van der Waals surface area (Å²) in [6, 6.07) is 5.84. The minimum atomic E-state index is -3.94. The summed E-state index contributed by atoms with van der Waals surface area (Å²) in [7, 11) is -2.53. The van der Waals surface area contributed by atoms with Gasteiger partial charge in [-0.25, -0.2) is 18.4 Å². The molecule has 172 valence electrons. The summed E-state index contributed by atoms with van der Waals surface area (Å²) in [5.74, 6) is 0.960. The lowest BCUT2D eigenvalue weighted by Crippen LogP contribution is -2.33. The zero-order valence-electron chi connectivity index (χ0n) is 17.8. The van der Waals surface area contributed by atoms with Crippen molar-refractivity contribution >= 4 is 38.5 Å². The van der Waals surface area contributed by atoms with Crippen LogP contribution >= 0.6 is 11.6 Å². The smallest absolute Gasteiger partial charge is 0.240 e. The average molecular weight is 489 g/mol. The second-order valence-electron chi connectivity index (χ2n) is 7.85. The number of halogens is 1. The van der Waals surface area contributed by atoms with E-state index in [0.29, 0.717) is 10.8 Å². The quantitative estimate of drug-likeness (QED) is 0.385. The Balaban J connectivity index is 1.49. The van der Waals surface area contributed by atoms with Crippen LogP contribution in [0.15, 0.2) is 36.8 Å². The van der Waals surface area contributed by atoms with Gasteiger partial charge >= 0.3 is 0 Å². The first kappa shape index (κ1) is 21.7. The minimum Gasteiger partial charge on any atom is -0.372 e. The summed E-state index contributed by atoms with van der Waals surface area (Å²) < 4.78 is 36.4. The Morgan fingerprint density at radius 2 is 1.97 bits per heavy atom. The van der Waals surface area contributed by atoms with E-state index in [4.69, 9.17) is 16.3 Å². The number of hydrogen-bond acceptors (Lipinski definition) is 8. The van der Waals surface area contributed by atoms with Crippen molar-refractivity contribution in [2.24, 2.45) is 0 Å². The summed E-state index contributed by atoms with van der Waals surface area (Å²) in [6.07, 6.45) is 5.44. The molecule has 0 radical (unpaired) electrons. The number of methoxy groups -OCH3 is 1. The van der Waals surface area contributed by atoms with E-state index in [0.717, 1.165) is 29.3 Å². The van der Waals surface area contributed by atoms with Gasteiger partial charge in [-0.05, 0) is 25.8 Å². The zero-order chi connectivity index (χ0) is 23.2. The molecule has 1 fully saturated rings. The van der Waals surface area contributed by atoms with Gasteiger partial charge in [-0.3, -0.25) is 14.4 Å². The number of rotatable bonds is 8. The molecule has 13 heteroatoms. The Morgan fingerprint density at radius 1 is 1.21 bits per heavy atom. The number of benzene rings is 1. The SMILES string of the molecule is CO[C@H](c1ncc(Cl)cn1)[C@H](C)S(=O)(=O)Nc1nnc(-c2cccc3[nH]ncc23)n1C1CC1. The summed E-state index contributed by atoms with van der Waals surface area (Å²) in [5, 5.41) is 15.8. The van der Waals surface area contributed by atoms with Crippen LogP contribution in [0.2, 0.25) is 5.02 Å². The first-order valence-electron chi connectivity index (χ1n) is 10.3. The van der Waals surface area contributed by atoms with Crippen LogP contribution in [0.4, 0.5) is 5.95 Å². The van der Waals surface area contributed by atoms with E-state index in [9.17, 15) is 8.42 Å². The van der Waals surface area contributed by atoms with Crippen molar-refractivity contribution in [3.8, 4) is 11.4 Å². The molecule has 0 bridgehead atoms. The van der Waals surface area contributed by atoms with E-state index in [-0.39, 0.29) is 17.8 Å². The highest BCUT2D eigenvalue weighted by molar-refractivity contribution is 7.93. The van der Waals surface area contributed by atoms with Crippen LogP contribution in [0.1, 0.15) is 37.7 Å². The molecule has 2 N–H and O–H groups in total. The van der Waals surface area contributed by atoms with Gasteiger partial charge < -0.3 is 4.74 Å². The summed E-state index contributed by atoms with van der Waals surface area (Å²) in [4.78, 5) is 8.22. The lowest BCUT2D eigenvalue weighted by Gasteiger charge is -2.22. The van der Waals surface area contributed by atoms with Gasteiger partial charge in [0.2, 0.25) is 16.0 Å². The van der Waals surface area contributed by atoms with Gasteiger partial charge in [0.15, 0.2) is 11.6 Å². The summed E-state index contributed by atoms with van der Waals surface area (Å²) >= 11 is 5.85. The first-order valence-corrected chi connectivity index (χ1v) is 12.2. The maximum atomic E-state index is 13.3. The maximum Gasteiger partial charge on any atom is 0.240 e. The lowest BCUT2D eigenvalue weighted by molar-refractivity contribution is 0.0950. The highest BCUT2D eigenvalue weighted by atomic mass is 35.5. The number of nitrogens with zero attached hydrogens (tertiary/aromatic N) is 6. The van der Waals surface area contributed by atoms with Crippen LogP contribution in [0.5, 0.6) is 0 Å². The zero-order valence-corrected chi connectivity index (χ0v) is 19.4. The standard InChI is InChI=1S/C20H21ClN8O3S/c1-11(17(32-2)18-22-8-12(21)9-23-18)33(30,31)28-20-27-26-19(29(20)13-6-7-13)14-4-3-5-16-15(14)10-24-25-16/h3-5,8-11,13,17H,6-7H2,1-2H3,(H,24,25)(H,27,28)/t11-,17-/m0/s1. The molecule has 11 nitrogen and oxygen atoms in total. The fourth-order valence-corrected chi connectivity index (χ4v) is 4.98. The number of anilines is 1. The van der Waals surface area contributed by atoms with Crippen molar-refractivity contribution in [2.45, 2.75) is 37.2 Å². The van der Waals surface area contributed by atoms with Crippen molar-refractivity contribution in [1.82, 2.24) is 34.9 Å². The molecule has 1 aliphatic rings. The van der Waals surface area contributed by atoms with Gasteiger partial charge in [0.25, 0.3) is 0 Å². The second-order valence-corrected chi connectivity index (χ2v) is 10.3. The molecule has 0 unspecified atom stereocenters. The van der Waals surface area contributed by atoms with E-state index in [1.807, 2.05) is 22.8 Å². The molecular formula is C20H21ClN8O3S. The van der Waals surface area contributed by atoms with E-state index in [1.165, 1.54) is 26.4 Å². The highest BCUT2D eigenvalue weighted by Gasteiger charge is 2.36. The average Bonchev–Trinajstić information content (AvgIpc) is 3.37. The van der Waals surface area contributed by atoms with Crippen LogP contribution in [-0.2, 0) is 14.8 Å². The number of H-pyrrole nitrogens is 1. The molecule has 1 aromatic carbocycles. The number of fused-ring (bicyclic) bond motifs is 1. The Kier molecular flexibility index (Phi) is 5.51. The maximum absolute atomic E-state index is 13.3. The topological polar surface area (TPSA) is 141 Å². The number of ether oxygens (including phenoxy) is 1. The van der Waals surface area contributed by atoms with Crippen molar-refractivity contribution in [2.75, 3.05) is 11.8 Å². The van der Waals surface area contributed by atoms with E-state index in [1.54, 1.807) is 6.20 Å². The summed E-state index contributed by atoms with van der Waals surface area (Å²) in [6.45, 7) is 1.53. The van der Waals surface area contributed by atoms with Gasteiger partial charge in [-0.15, -0.1) is 10.2 Å². The molecule has 0 spiro atoms. The molecule has 2 atom stereocenters. The molecule has 3 heterocycles. The second kappa shape index (κ2) is 8.36. The molecule has 4 aromatic rings. The van der Waals surface area contributed by atoms with Gasteiger partial charge in [0.05, 0.1) is 16.7 Å². The molecular weight excluding hydrogens is 468 g/mol. The van der Waals surface area contributed by atoms with Gasteiger partial charge in [0.1, 0.15) is 11.4 Å². The molecule has 0 amide bonds. The molecule has 5 rings (SSSR count). The minimum absolute atomic E-state index is 0.114. The van der Waals surface area contributed by atoms with Crippen LogP contribution < -0.4 is 4.72 Å². The molecule has 1 saturated carbocycles.